The van der Waals surface area contributed by atoms with Gasteiger partial charge in [0, 0.05) is 41.3 Å². The fraction of sp³-hybridized carbons (Fsp3) is 0.556. The molecule has 1 aromatic heterocycles. The van der Waals surface area contributed by atoms with Crippen molar-refractivity contribution in [1.29, 1.82) is 0 Å². The van der Waals surface area contributed by atoms with E-state index in [-0.39, 0.29) is 23.4 Å². The van der Waals surface area contributed by atoms with Crippen molar-refractivity contribution < 1.29 is 9.13 Å². The lowest BCUT2D eigenvalue weighted by atomic mass is 9.72. The first kappa shape index (κ1) is 30.8. The van der Waals surface area contributed by atoms with Crippen molar-refractivity contribution in [1.82, 2.24) is 9.47 Å². The number of allylic oxidation sites excluding steroid dienone is 9. The van der Waals surface area contributed by atoms with E-state index in [1.54, 1.807) is 34.4 Å². The van der Waals surface area contributed by atoms with E-state index in [1.807, 2.05) is 0 Å². The summed E-state index contributed by atoms with van der Waals surface area (Å²) in [5, 5.41) is 0. The second-order valence-corrected chi connectivity index (χ2v) is 17.1. The SMILES string of the molecule is CC1(C)C2=CCC(N(C3C=Cc4c(c5c(n4C4C=CC(F)=CC4)CCCC5)C3)C3CC=CC4OC5CCC=CC5C43)C=C2C2CC=CCC21. The van der Waals surface area contributed by atoms with Crippen LogP contribution in [0.3, 0.4) is 0 Å². The summed E-state index contributed by atoms with van der Waals surface area (Å²) in [6.07, 6.45) is 44.9. The second kappa shape index (κ2) is 11.8. The minimum absolute atomic E-state index is 0.0943. The van der Waals surface area contributed by atoms with E-state index in [0.29, 0.717) is 47.9 Å². The molecule has 10 atom stereocenters. The molecular weight excluding hydrogens is 604 g/mol. The van der Waals surface area contributed by atoms with Crippen molar-refractivity contribution in [3.05, 3.63) is 112 Å². The van der Waals surface area contributed by atoms with Crippen molar-refractivity contribution in [3.63, 3.8) is 0 Å². The monoisotopic (exact) mass is 656 g/mol. The Morgan fingerprint density at radius 2 is 1.76 bits per heavy atom. The number of nitrogens with zero attached hydrogens (tertiary/aromatic N) is 2. The van der Waals surface area contributed by atoms with E-state index in [4.69, 9.17) is 4.74 Å². The molecule has 1 aromatic rings. The van der Waals surface area contributed by atoms with Gasteiger partial charge in [0.25, 0.3) is 0 Å². The van der Waals surface area contributed by atoms with Crippen LogP contribution in [0.4, 0.5) is 4.39 Å². The molecule has 0 amide bonds. The molecule has 0 N–H and O–H groups in total. The topological polar surface area (TPSA) is 17.4 Å². The van der Waals surface area contributed by atoms with Gasteiger partial charge < -0.3 is 9.30 Å². The zero-order valence-electron chi connectivity index (χ0n) is 29.4. The van der Waals surface area contributed by atoms with E-state index in [1.165, 1.54) is 43.5 Å². The van der Waals surface area contributed by atoms with Crippen LogP contribution < -0.4 is 0 Å². The Hall–Kier alpha value is -2.95. The summed E-state index contributed by atoms with van der Waals surface area (Å²) in [4.78, 5) is 3.01. The van der Waals surface area contributed by atoms with Crippen LogP contribution in [0, 0.1) is 29.1 Å². The summed E-state index contributed by atoms with van der Waals surface area (Å²) in [6.45, 7) is 5.03. The van der Waals surface area contributed by atoms with Crippen molar-refractivity contribution in [2.24, 2.45) is 29.1 Å². The Kier molecular flexibility index (Phi) is 7.43. The predicted molar refractivity (Wildman–Crippen MR) is 197 cm³/mol. The molecule has 10 unspecified atom stereocenters. The number of rotatable bonds is 4. The van der Waals surface area contributed by atoms with Gasteiger partial charge in [-0.25, -0.2) is 4.39 Å². The van der Waals surface area contributed by atoms with Crippen molar-refractivity contribution in [2.75, 3.05) is 0 Å². The number of ether oxygens (including phenoxy) is 1. The minimum Gasteiger partial charge on any atom is -0.370 e. The van der Waals surface area contributed by atoms with Gasteiger partial charge in [0.2, 0.25) is 0 Å². The summed E-state index contributed by atoms with van der Waals surface area (Å²) in [5.41, 5.74) is 9.65. The van der Waals surface area contributed by atoms with E-state index in [0.717, 1.165) is 44.9 Å². The Morgan fingerprint density at radius 3 is 2.65 bits per heavy atom. The molecule has 1 saturated carbocycles. The van der Waals surface area contributed by atoms with Crippen LogP contribution in [0.1, 0.15) is 100 Å². The van der Waals surface area contributed by atoms with Crippen LogP contribution in [-0.2, 0) is 24.0 Å². The maximum Gasteiger partial charge on any atom is 0.119 e. The highest BCUT2D eigenvalue weighted by molar-refractivity contribution is 5.61. The van der Waals surface area contributed by atoms with Gasteiger partial charge in [-0.15, -0.1) is 0 Å². The van der Waals surface area contributed by atoms with Gasteiger partial charge in [0.15, 0.2) is 0 Å². The zero-order valence-corrected chi connectivity index (χ0v) is 29.4. The summed E-state index contributed by atoms with van der Waals surface area (Å²) in [5.74, 6) is 2.25. The molecule has 1 aliphatic heterocycles. The van der Waals surface area contributed by atoms with E-state index in [2.05, 4.69) is 90.2 Å². The lowest BCUT2D eigenvalue weighted by Crippen LogP contribution is -2.55. The van der Waals surface area contributed by atoms with E-state index in [9.17, 15) is 4.39 Å². The number of aromatic nitrogens is 1. The third-order valence-electron chi connectivity index (χ3n) is 14.5. The standard InChI is InChI=1S/C45H53FN2O/c1-45(2)37-13-6-3-10-32(37)35-26-30(22-24-38(35)45)47(41-15-9-17-43-44(41)34-12-5-8-16-42(34)49-43)31-23-25-40-36(27-31)33-11-4-7-14-39(33)48(40)29-20-18-28(46)19-21-29/h3,5-6,9,12,17-20,23-26,29-32,34,37,41-44H,4,7-8,10-11,13-16,21-22,27H2,1-2H3. The smallest absolute Gasteiger partial charge is 0.119 e. The highest BCUT2D eigenvalue weighted by atomic mass is 19.1. The third kappa shape index (κ3) is 4.79. The van der Waals surface area contributed by atoms with Crippen molar-refractivity contribution >= 4 is 6.08 Å². The molecule has 2 heterocycles. The average molecular weight is 657 g/mol. The van der Waals surface area contributed by atoms with Crippen LogP contribution in [0.5, 0.6) is 0 Å². The summed E-state index contributed by atoms with van der Waals surface area (Å²) < 4.78 is 23.5. The maximum atomic E-state index is 14.1. The lowest BCUT2D eigenvalue weighted by Gasteiger charge is -2.48. The normalized spacial score (nSPS) is 39.4. The number of fused-ring (bicyclic) bond motifs is 9. The van der Waals surface area contributed by atoms with E-state index >= 15 is 0 Å². The molecule has 2 fully saturated rings. The summed E-state index contributed by atoms with van der Waals surface area (Å²) >= 11 is 0. The zero-order chi connectivity index (χ0) is 32.9. The second-order valence-electron chi connectivity index (χ2n) is 17.1. The summed E-state index contributed by atoms with van der Waals surface area (Å²) in [6, 6.07) is 1.36. The molecule has 3 nitrogen and oxygen atoms in total. The van der Waals surface area contributed by atoms with Crippen LogP contribution in [0.15, 0.2) is 89.9 Å². The van der Waals surface area contributed by atoms with Crippen molar-refractivity contribution in [3.8, 4) is 0 Å². The molecule has 8 aliphatic carbocycles. The van der Waals surface area contributed by atoms with Gasteiger partial charge in [0.05, 0.1) is 18.2 Å². The Bertz CT molecular complexity index is 1780. The Morgan fingerprint density at radius 1 is 0.857 bits per heavy atom. The van der Waals surface area contributed by atoms with Gasteiger partial charge in [-0.1, -0.05) is 74.6 Å². The van der Waals surface area contributed by atoms with Crippen LogP contribution in [-0.4, -0.2) is 39.8 Å². The average Bonchev–Trinajstić information content (AvgIpc) is 3.75. The molecular formula is C45H53FN2O. The Labute approximate surface area is 292 Å². The quantitative estimate of drug-likeness (QED) is 0.300. The van der Waals surface area contributed by atoms with Gasteiger partial charge >= 0.3 is 0 Å². The van der Waals surface area contributed by atoms with Crippen LogP contribution in [0.25, 0.3) is 6.08 Å². The molecule has 0 spiro atoms. The molecule has 0 bridgehead atoms. The molecule has 4 heteroatoms. The Balaban J connectivity index is 1.06. The molecule has 9 aliphatic rings. The lowest BCUT2D eigenvalue weighted by molar-refractivity contribution is 0.0247. The molecule has 0 radical (unpaired) electrons. The first-order chi connectivity index (χ1) is 24.0. The minimum atomic E-state index is -0.0943. The fourth-order valence-electron chi connectivity index (χ4n) is 12.3. The molecule has 256 valence electrons. The first-order valence-electron chi connectivity index (χ1n) is 19.8. The predicted octanol–water partition coefficient (Wildman–Crippen LogP) is 9.89. The third-order valence-corrected chi connectivity index (χ3v) is 14.5. The van der Waals surface area contributed by atoms with Gasteiger partial charge in [-0.2, -0.15) is 0 Å². The van der Waals surface area contributed by atoms with Gasteiger partial charge in [-0.05, 0) is 135 Å². The van der Waals surface area contributed by atoms with Gasteiger partial charge in [-0.3, -0.25) is 4.90 Å². The molecule has 49 heavy (non-hydrogen) atoms. The van der Waals surface area contributed by atoms with Crippen molar-refractivity contribution in [2.45, 2.75) is 127 Å². The fourth-order valence-corrected chi connectivity index (χ4v) is 12.3. The highest BCUT2D eigenvalue weighted by Gasteiger charge is 2.53. The molecule has 0 aromatic carbocycles. The molecule has 1 saturated heterocycles. The highest BCUT2D eigenvalue weighted by Crippen LogP contribution is 2.59. The summed E-state index contributed by atoms with van der Waals surface area (Å²) in [7, 11) is 0. The first-order valence-corrected chi connectivity index (χ1v) is 19.8. The van der Waals surface area contributed by atoms with Crippen LogP contribution in [0.2, 0.25) is 0 Å². The van der Waals surface area contributed by atoms with E-state index < -0.39 is 0 Å². The van der Waals surface area contributed by atoms with Gasteiger partial charge in [0.1, 0.15) is 5.83 Å². The number of hydrogen-bond donors (Lipinski definition) is 0. The van der Waals surface area contributed by atoms with Crippen LogP contribution >= 0.6 is 0 Å². The number of hydrogen-bond acceptors (Lipinski definition) is 2. The maximum absolute atomic E-state index is 14.1. The largest absolute Gasteiger partial charge is 0.370 e. The number of halogens is 1. The molecule has 10 rings (SSSR count).